The summed E-state index contributed by atoms with van der Waals surface area (Å²) in [6.45, 7) is 8.88. The van der Waals surface area contributed by atoms with Crippen molar-refractivity contribution < 1.29 is 4.39 Å². The summed E-state index contributed by atoms with van der Waals surface area (Å²) in [5.41, 5.74) is 0.707. The molecular formula is C13H20BrFN2. The van der Waals surface area contributed by atoms with Gasteiger partial charge in [0.1, 0.15) is 5.82 Å². The van der Waals surface area contributed by atoms with Crippen molar-refractivity contribution in [1.82, 2.24) is 10.2 Å². The van der Waals surface area contributed by atoms with Crippen LogP contribution in [0.5, 0.6) is 0 Å². The molecule has 0 aliphatic heterocycles. The topological polar surface area (TPSA) is 15.3 Å². The molecule has 17 heavy (non-hydrogen) atoms. The SMILES string of the molecule is CCN(CC)CCNCc1cccc(Br)c1F. The minimum Gasteiger partial charge on any atom is -0.311 e. The Labute approximate surface area is 111 Å². The van der Waals surface area contributed by atoms with E-state index in [0.29, 0.717) is 16.6 Å². The van der Waals surface area contributed by atoms with Crippen molar-refractivity contribution in [1.29, 1.82) is 0 Å². The van der Waals surface area contributed by atoms with E-state index in [1.165, 1.54) is 0 Å². The van der Waals surface area contributed by atoms with Crippen molar-refractivity contribution >= 4 is 15.9 Å². The van der Waals surface area contributed by atoms with E-state index in [-0.39, 0.29) is 5.82 Å². The molecule has 1 N–H and O–H groups in total. The molecule has 0 amide bonds. The Morgan fingerprint density at radius 2 is 2.00 bits per heavy atom. The van der Waals surface area contributed by atoms with Crippen LogP contribution in [0.15, 0.2) is 22.7 Å². The number of likely N-dealkylation sites (N-methyl/N-ethyl adjacent to an activating group) is 1. The first-order chi connectivity index (χ1) is 8.19. The van der Waals surface area contributed by atoms with Gasteiger partial charge < -0.3 is 10.2 Å². The monoisotopic (exact) mass is 302 g/mol. The van der Waals surface area contributed by atoms with Crippen LogP contribution in [0.25, 0.3) is 0 Å². The van der Waals surface area contributed by atoms with Crippen LogP contribution in [-0.4, -0.2) is 31.1 Å². The van der Waals surface area contributed by atoms with E-state index in [1.54, 1.807) is 6.07 Å². The quantitative estimate of drug-likeness (QED) is 0.779. The molecule has 2 nitrogen and oxygen atoms in total. The molecule has 0 saturated heterocycles. The second-order valence-corrected chi connectivity index (χ2v) is 4.77. The lowest BCUT2D eigenvalue weighted by Gasteiger charge is -2.18. The minimum atomic E-state index is -0.164. The summed E-state index contributed by atoms with van der Waals surface area (Å²) in [6.07, 6.45) is 0. The van der Waals surface area contributed by atoms with E-state index in [1.807, 2.05) is 12.1 Å². The molecule has 0 radical (unpaired) electrons. The predicted molar refractivity (Wildman–Crippen MR) is 73.6 cm³/mol. The van der Waals surface area contributed by atoms with Crippen LogP contribution >= 0.6 is 15.9 Å². The maximum Gasteiger partial charge on any atom is 0.141 e. The third kappa shape index (κ3) is 4.74. The smallest absolute Gasteiger partial charge is 0.141 e. The zero-order valence-electron chi connectivity index (χ0n) is 10.5. The summed E-state index contributed by atoms with van der Waals surface area (Å²) in [6, 6.07) is 5.38. The van der Waals surface area contributed by atoms with Crippen LogP contribution in [0, 0.1) is 5.82 Å². The van der Waals surface area contributed by atoms with Gasteiger partial charge in [-0.3, -0.25) is 0 Å². The van der Waals surface area contributed by atoms with Gasteiger partial charge in [0, 0.05) is 25.2 Å². The van der Waals surface area contributed by atoms with E-state index in [2.05, 4.69) is 40.0 Å². The van der Waals surface area contributed by atoms with Crippen molar-refractivity contribution in [3.05, 3.63) is 34.1 Å². The average Bonchev–Trinajstić information content (AvgIpc) is 2.34. The Morgan fingerprint density at radius 1 is 1.29 bits per heavy atom. The molecule has 0 aromatic heterocycles. The first-order valence-corrected chi connectivity index (χ1v) is 6.84. The maximum absolute atomic E-state index is 13.6. The number of hydrogen-bond donors (Lipinski definition) is 1. The highest BCUT2D eigenvalue weighted by Crippen LogP contribution is 2.18. The maximum atomic E-state index is 13.6. The zero-order chi connectivity index (χ0) is 12.7. The number of nitrogens with zero attached hydrogens (tertiary/aromatic N) is 1. The lowest BCUT2D eigenvalue weighted by Crippen LogP contribution is -2.31. The number of halogens is 2. The molecule has 0 unspecified atom stereocenters. The van der Waals surface area contributed by atoms with Gasteiger partial charge in [0.2, 0.25) is 0 Å². The Kier molecular flexibility index (Phi) is 6.70. The van der Waals surface area contributed by atoms with Gasteiger partial charge in [0.05, 0.1) is 4.47 Å². The molecule has 0 aliphatic carbocycles. The molecule has 0 heterocycles. The molecule has 0 spiro atoms. The molecule has 96 valence electrons. The summed E-state index contributed by atoms with van der Waals surface area (Å²) in [5.74, 6) is -0.164. The van der Waals surface area contributed by atoms with Gasteiger partial charge in [-0.05, 0) is 35.1 Å². The van der Waals surface area contributed by atoms with Gasteiger partial charge in [-0.25, -0.2) is 4.39 Å². The highest BCUT2D eigenvalue weighted by atomic mass is 79.9. The molecule has 1 aromatic rings. The Balaban J connectivity index is 2.33. The van der Waals surface area contributed by atoms with Crippen molar-refractivity contribution in [2.24, 2.45) is 0 Å². The molecule has 0 bridgehead atoms. The van der Waals surface area contributed by atoms with Crippen LogP contribution in [-0.2, 0) is 6.54 Å². The predicted octanol–water partition coefficient (Wildman–Crippen LogP) is 3.02. The minimum absolute atomic E-state index is 0.164. The van der Waals surface area contributed by atoms with Crippen LogP contribution in [0.2, 0.25) is 0 Å². The van der Waals surface area contributed by atoms with Gasteiger partial charge in [-0.15, -0.1) is 0 Å². The highest BCUT2D eigenvalue weighted by molar-refractivity contribution is 9.10. The van der Waals surface area contributed by atoms with Crippen LogP contribution in [0.3, 0.4) is 0 Å². The third-order valence-electron chi connectivity index (χ3n) is 2.85. The summed E-state index contributed by atoms with van der Waals surface area (Å²) in [7, 11) is 0. The lowest BCUT2D eigenvalue weighted by atomic mass is 10.2. The first kappa shape index (κ1) is 14.6. The van der Waals surface area contributed by atoms with Gasteiger partial charge >= 0.3 is 0 Å². The summed E-state index contributed by atoms with van der Waals surface area (Å²) < 4.78 is 14.2. The van der Waals surface area contributed by atoms with Crippen LogP contribution in [0.1, 0.15) is 19.4 Å². The molecule has 0 atom stereocenters. The Bertz CT molecular complexity index is 340. The van der Waals surface area contributed by atoms with Crippen molar-refractivity contribution in [2.45, 2.75) is 20.4 Å². The fourth-order valence-corrected chi connectivity index (χ4v) is 2.09. The molecule has 4 heteroatoms. The van der Waals surface area contributed by atoms with Crippen molar-refractivity contribution in [3.8, 4) is 0 Å². The molecule has 0 fully saturated rings. The number of nitrogens with one attached hydrogen (secondary N) is 1. The largest absolute Gasteiger partial charge is 0.311 e. The fourth-order valence-electron chi connectivity index (χ4n) is 1.69. The second kappa shape index (κ2) is 7.80. The third-order valence-corrected chi connectivity index (χ3v) is 3.46. The van der Waals surface area contributed by atoms with E-state index in [9.17, 15) is 4.39 Å². The van der Waals surface area contributed by atoms with E-state index >= 15 is 0 Å². The normalized spacial score (nSPS) is 11.1. The lowest BCUT2D eigenvalue weighted by molar-refractivity contribution is 0.302. The van der Waals surface area contributed by atoms with Gasteiger partial charge in [-0.1, -0.05) is 26.0 Å². The summed E-state index contributed by atoms with van der Waals surface area (Å²) in [5, 5.41) is 3.27. The Morgan fingerprint density at radius 3 is 2.65 bits per heavy atom. The highest BCUT2D eigenvalue weighted by Gasteiger charge is 2.05. The van der Waals surface area contributed by atoms with Crippen LogP contribution in [0.4, 0.5) is 4.39 Å². The van der Waals surface area contributed by atoms with E-state index in [4.69, 9.17) is 0 Å². The number of hydrogen-bond acceptors (Lipinski definition) is 2. The van der Waals surface area contributed by atoms with Crippen molar-refractivity contribution in [2.75, 3.05) is 26.2 Å². The summed E-state index contributed by atoms with van der Waals surface area (Å²) >= 11 is 3.19. The van der Waals surface area contributed by atoms with E-state index < -0.39 is 0 Å². The van der Waals surface area contributed by atoms with E-state index in [0.717, 1.165) is 26.2 Å². The Hall–Kier alpha value is -0.450. The molecule has 1 aromatic carbocycles. The molecule has 1 rings (SSSR count). The number of rotatable bonds is 7. The standard InChI is InChI=1S/C13H20BrFN2/c1-3-17(4-2)9-8-16-10-11-6-5-7-12(14)13(11)15/h5-7,16H,3-4,8-10H2,1-2H3. The zero-order valence-corrected chi connectivity index (χ0v) is 12.1. The number of benzene rings is 1. The van der Waals surface area contributed by atoms with Crippen LogP contribution < -0.4 is 5.32 Å². The summed E-state index contributed by atoms with van der Waals surface area (Å²) in [4.78, 5) is 2.34. The molecular weight excluding hydrogens is 283 g/mol. The average molecular weight is 303 g/mol. The van der Waals surface area contributed by atoms with Crippen molar-refractivity contribution in [3.63, 3.8) is 0 Å². The fraction of sp³-hybridized carbons (Fsp3) is 0.538. The first-order valence-electron chi connectivity index (χ1n) is 6.05. The molecule has 0 saturated carbocycles. The second-order valence-electron chi connectivity index (χ2n) is 3.92. The van der Waals surface area contributed by atoms with Gasteiger partial charge in [0.15, 0.2) is 0 Å². The molecule has 0 aliphatic rings. The van der Waals surface area contributed by atoms with Gasteiger partial charge in [0.25, 0.3) is 0 Å². The van der Waals surface area contributed by atoms with Gasteiger partial charge in [-0.2, -0.15) is 0 Å².